The molecule has 0 aromatic carbocycles. The Kier molecular flexibility index (Phi) is 4.77. The van der Waals surface area contributed by atoms with E-state index in [0.717, 1.165) is 31.2 Å². The van der Waals surface area contributed by atoms with Crippen molar-refractivity contribution in [1.82, 2.24) is 10.2 Å². The third-order valence-electron chi connectivity index (χ3n) is 2.40. The Morgan fingerprint density at radius 1 is 1.56 bits per heavy atom. The molecular weight excluding hydrogens is 200 g/mol. The number of hydrogen-bond acceptors (Lipinski definition) is 3. The van der Waals surface area contributed by atoms with Crippen molar-refractivity contribution in [2.24, 2.45) is 0 Å². The van der Waals surface area contributed by atoms with Gasteiger partial charge in [0.05, 0.1) is 6.54 Å². The monoisotopic (exact) mass is 222 g/mol. The molecule has 0 aliphatic carbocycles. The molecule has 0 aliphatic rings. The average Bonchev–Trinajstić information content (AvgIpc) is 2.45. The van der Waals surface area contributed by atoms with Gasteiger partial charge in [0, 0.05) is 18.7 Å². The second kappa shape index (κ2) is 5.87. The van der Waals surface area contributed by atoms with Gasteiger partial charge in [-0.05, 0) is 34.0 Å². The molecule has 3 nitrogen and oxygen atoms in total. The van der Waals surface area contributed by atoms with Crippen LogP contribution in [0.3, 0.4) is 0 Å². The Balaban J connectivity index is 2.60. The summed E-state index contributed by atoms with van der Waals surface area (Å²) in [6.45, 7) is 10.5. The van der Waals surface area contributed by atoms with Gasteiger partial charge in [-0.1, -0.05) is 12.2 Å². The van der Waals surface area contributed by atoms with Gasteiger partial charge in [-0.15, -0.1) is 0 Å². The van der Waals surface area contributed by atoms with E-state index < -0.39 is 0 Å². The summed E-state index contributed by atoms with van der Waals surface area (Å²) in [5.74, 6) is 2.03. The molecule has 3 heteroatoms. The van der Waals surface area contributed by atoms with Crippen molar-refractivity contribution in [1.29, 1.82) is 0 Å². The first kappa shape index (κ1) is 13.0. The van der Waals surface area contributed by atoms with Crippen LogP contribution in [-0.2, 0) is 13.1 Å². The fourth-order valence-corrected chi connectivity index (χ4v) is 1.81. The highest BCUT2D eigenvalue weighted by molar-refractivity contribution is 5.20. The standard InChI is InChI=1S/C13H22N2O/c1-10(2)8-15(5)9-13-6-12(7-14-4)11(3)16-13/h6,14H,1,7-9H2,2-5H3. The molecule has 0 fully saturated rings. The zero-order valence-electron chi connectivity index (χ0n) is 10.8. The summed E-state index contributed by atoms with van der Waals surface area (Å²) in [6.07, 6.45) is 0. The number of likely N-dealkylation sites (N-methyl/N-ethyl adjacent to an activating group) is 1. The van der Waals surface area contributed by atoms with E-state index in [1.807, 2.05) is 20.9 Å². The minimum atomic E-state index is 0.831. The Hall–Kier alpha value is -1.06. The lowest BCUT2D eigenvalue weighted by Gasteiger charge is -2.14. The van der Waals surface area contributed by atoms with Crippen molar-refractivity contribution in [2.45, 2.75) is 26.9 Å². The predicted molar refractivity (Wildman–Crippen MR) is 67.4 cm³/mol. The Morgan fingerprint density at radius 3 is 2.81 bits per heavy atom. The van der Waals surface area contributed by atoms with E-state index in [9.17, 15) is 0 Å². The second-order valence-electron chi connectivity index (χ2n) is 4.45. The molecule has 0 aliphatic heterocycles. The molecule has 1 heterocycles. The van der Waals surface area contributed by atoms with E-state index in [1.54, 1.807) is 0 Å². The smallest absolute Gasteiger partial charge is 0.118 e. The normalized spacial score (nSPS) is 11.1. The van der Waals surface area contributed by atoms with Crippen molar-refractivity contribution >= 4 is 0 Å². The average molecular weight is 222 g/mol. The van der Waals surface area contributed by atoms with Crippen molar-refractivity contribution in [2.75, 3.05) is 20.6 Å². The van der Waals surface area contributed by atoms with Gasteiger partial charge in [0.15, 0.2) is 0 Å². The zero-order chi connectivity index (χ0) is 12.1. The molecule has 1 aromatic heterocycles. The van der Waals surface area contributed by atoms with Gasteiger partial charge in [-0.25, -0.2) is 0 Å². The summed E-state index contributed by atoms with van der Waals surface area (Å²) in [5, 5.41) is 3.14. The van der Waals surface area contributed by atoms with Crippen LogP contribution < -0.4 is 5.32 Å². The minimum absolute atomic E-state index is 0.831. The van der Waals surface area contributed by atoms with Crippen molar-refractivity contribution < 1.29 is 4.42 Å². The molecule has 16 heavy (non-hydrogen) atoms. The SMILES string of the molecule is C=C(C)CN(C)Cc1cc(CNC)c(C)o1. The van der Waals surface area contributed by atoms with Gasteiger partial charge >= 0.3 is 0 Å². The maximum Gasteiger partial charge on any atom is 0.118 e. The van der Waals surface area contributed by atoms with Crippen LogP contribution >= 0.6 is 0 Å². The van der Waals surface area contributed by atoms with Gasteiger partial charge < -0.3 is 9.73 Å². The second-order valence-corrected chi connectivity index (χ2v) is 4.45. The fraction of sp³-hybridized carbons (Fsp3) is 0.538. The van der Waals surface area contributed by atoms with E-state index in [0.29, 0.717) is 0 Å². The summed E-state index contributed by atoms with van der Waals surface area (Å²) in [6, 6.07) is 2.13. The Morgan fingerprint density at radius 2 is 2.25 bits per heavy atom. The van der Waals surface area contributed by atoms with Crippen LogP contribution in [-0.4, -0.2) is 25.5 Å². The summed E-state index contributed by atoms with van der Waals surface area (Å²) in [7, 11) is 4.02. The van der Waals surface area contributed by atoms with Crippen LogP contribution in [0.2, 0.25) is 0 Å². The van der Waals surface area contributed by atoms with E-state index in [2.05, 4.69) is 29.9 Å². The first-order valence-electron chi connectivity index (χ1n) is 5.58. The molecular formula is C13H22N2O. The molecule has 0 bridgehead atoms. The topological polar surface area (TPSA) is 28.4 Å². The van der Waals surface area contributed by atoms with Gasteiger partial charge in [-0.3, -0.25) is 4.90 Å². The number of furan rings is 1. The number of rotatable bonds is 6. The predicted octanol–water partition coefficient (Wildman–Crippen LogP) is 2.32. The highest BCUT2D eigenvalue weighted by Crippen LogP contribution is 2.16. The lowest BCUT2D eigenvalue weighted by Crippen LogP contribution is -2.19. The summed E-state index contributed by atoms with van der Waals surface area (Å²) in [4.78, 5) is 2.20. The van der Waals surface area contributed by atoms with E-state index in [1.165, 1.54) is 11.1 Å². The lowest BCUT2D eigenvalue weighted by atomic mass is 10.2. The Bertz CT molecular complexity index is 355. The molecule has 1 rings (SSSR count). The molecule has 90 valence electrons. The summed E-state index contributed by atoms with van der Waals surface area (Å²) < 4.78 is 5.71. The van der Waals surface area contributed by atoms with Crippen LogP contribution in [0.4, 0.5) is 0 Å². The molecule has 0 spiro atoms. The van der Waals surface area contributed by atoms with E-state index in [4.69, 9.17) is 4.42 Å². The number of nitrogens with zero attached hydrogens (tertiary/aromatic N) is 1. The lowest BCUT2D eigenvalue weighted by molar-refractivity contribution is 0.313. The van der Waals surface area contributed by atoms with E-state index in [-0.39, 0.29) is 0 Å². The van der Waals surface area contributed by atoms with Gasteiger partial charge in [0.2, 0.25) is 0 Å². The van der Waals surface area contributed by atoms with Crippen molar-refractivity contribution in [3.63, 3.8) is 0 Å². The molecule has 0 unspecified atom stereocenters. The number of aryl methyl sites for hydroxylation is 1. The molecule has 1 aromatic rings. The van der Waals surface area contributed by atoms with Crippen LogP contribution in [0.5, 0.6) is 0 Å². The molecule has 0 radical (unpaired) electrons. The fourth-order valence-electron chi connectivity index (χ4n) is 1.81. The molecule has 1 N–H and O–H groups in total. The van der Waals surface area contributed by atoms with Gasteiger partial charge in [0.1, 0.15) is 11.5 Å². The minimum Gasteiger partial charge on any atom is -0.465 e. The van der Waals surface area contributed by atoms with Gasteiger partial charge in [0.25, 0.3) is 0 Å². The summed E-state index contributed by atoms with van der Waals surface area (Å²) >= 11 is 0. The largest absolute Gasteiger partial charge is 0.465 e. The van der Waals surface area contributed by atoms with Crippen LogP contribution in [0.25, 0.3) is 0 Å². The van der Waals surface area contributed by atoms with Crippen LogP contribution in [0.1, 0.15) is 24.0 Å². The third kappa shape index (κ3) is 3.83. The maximum atomic E-state index is 5.71. The van der Waals surface area contributed by atoms with Crippen molar-refractivity contribution in [3.8, 4) is 0 Å². The Labute approximate surface area is 98.1 Å². The highest BCUT2D eigenvalue weighted by atomic mass is 16.3. The highest BCUT2D eigenvalue weighted by Gasteiger charge is 2.08. The zero-order valence-corrected chi connectivity index (χ0v) is 10.8. The number of hydrogen-bond donors (Lipinski definition) is 1. The molecule has 0 atom stereocenters. The first-order chi connectivity index (χ1) is 7.52. The van der Waals surface area contributed by atoms with Gasteiger partial charge in [-0.2, -0.15) is 0 Å². The van der Waals surface area contributed by atoms with Crippen LogP contribution in [0.15, 0.2) is 22.6 Å². The maximum absolute atomic E-state index is 5.71. The first-order valence-corrected chi connectivity index (χ1v) is 5.58. The molecule has 0 saturated heterocycles. The quantitative estimate of drug-likeness (QED) is 0.749. The summed E-state index contributed by atoms with van der Waals surface area (Å²) in [5.41, 5.74) is 2.41. The third-order valence-corrected chi connectivity index (χ3v) is 2.40. The van der Waals surface area contributed by atoms with E-state index >= 15 is 0 Å². The molecule has 0 amide bonds. The number of nitrogens with one attached hydrogen (secondary N) is 1. The van der Waals surface area contributed by atoms with Crippen LogP contribution in [0, 0.1) is 6.92 Å². The molecule has 0 saturated carbocycles. The van der Waals surface area contributed by atoms with Crippen molar-refractivity contribution in [3.05, 3.63) is 35.3 Å².